The number of esters is 1. The van der Waals surface area contributed by atoms with Crippen molar-refractivity contribution >= 4 is 17.6 Å². The van der Waals surface area contributed by atoms with Crippen molar-refractivity contribution in [3.05, 3.63) is 70.7 Å². The second-order valence-electron chi connectivity index (χ2n) is 12.8. The van der Waals surface area contributed by atoms with Crippen LogP contribution in [0.4, 0.5) is 0 Å². The Kier molecular flexibility index (Phi) is 6.35. The number of piperazine rings is 1. The number of epoxide rings is 1. The molecule has 5 nitrogen and oxygen atoms in total. The number of carbonyl (C=O) groups is 1. The molecule has 5 aliphatic rings. The quantitative estimate of drug-likeness (QED) is 0.370. The van der Waals surface area contributed by atoms with Gasteiger partial charge in [0.2, 0.25) is 0 Å². The molecule has 3 saturated heterocycles. The van der Waals surface area contributed by atoms with Crippen LogP contribution in [0.15, 0.2) is 54.6 Å². The van der Waals surface area contributed by atoms with Gasteiger partial charge in [-0.3, -0.25) is 14.6 Å². The van der Waals surface area contributed by atoms with Gasteiger partial charge in [-0.1, -0.05) is 61.0 Å². The van der Waals surface area contributed by atoms with Crippen molar-refractivity contribution in [1.29, 1.82) is 0 Å². The van der Waals surface area contributed by atoms with E-state index in [1.165, 1.54) is 30.4 Å². The monoisotopic (exact) mass is 534 g/mol. The number of nitrogens with zero attached hydrogens (tertiary/aromatic N) is 2. The van der Waals surface area contributed by atoms with Gasteiger partial charge in [-0.05, 0) is 66.7 Å². The average molecular weight is 535 g/mol. The van der Waals surface area contributed by atoms with E-state index in [0.717, 1.165) is 57.2 Å². The van der Waals surface area contributed by atoms with E-state index in [-0.39, 0.29) is 35.0 Å². The molecule has 7 rings (SSSR count). The van der Waals surface area contributed by atoms with Crippen molar-refractivity contribution in [3.8, 4) is 0 Å². The number of rotatable bonds is 5. The van der Waals surface area contributed by atoms with Crippen LogP contribution >= 0.6 is 11.6 Å². The van der Waals surface area contributed by atoms with Crippen LogP contribution in [0.2, 0.25) is 5.02 Å². The first kappa shape index (κ1) is 25.1. The van der Waals surface area contributed by atoms with Gasteiger partial charge in [-0.15, -0.1) is 0 Å². The number of hydrogen-bond acceptors (Lipinski definition) is 5. The SMILES string of the molecule is C[C@]12CCC[C@@]3(CO3)[C@@H]1C[C@H]1[C@@H](C2)OC(=O)[C@@H]1CN1CCN([C@@H](c2ccccc2)c2ccc(Cl)cc2)CC1. The van der Waals surface area contributed by atoms with Crippen molar-refractivity contribution in [2.75, 3.05) is 39.3 Å². The van der Waals surface area contributed by atoms with E-state index in [2.05, 4.69) is 59.2 Å². The third kappa shape index (κ3) is 4.40. The van der Waals surface area contributed by atoms with Gasteiger partial charge in [-0.25, -0.2) is 0 Å². The summed E-state index contributed by atoms with van der Waals surface area (Å²) < 4.78 is 12.2. The lowest BCUT2D eigenvalue weighted by Crippen LogP contribution is -2.52. The van der Waals surface area contributed by atoms with Crippen molar-refractivity contribution in [1.82, 2.24) is 9.80 Å². The number of halogens is 1. The van der Waals surface area contributed by atoms with Gasteiger partial charge in [-0.2, -0.15) is 0 Å². The fourth-order valence-corrected chi connectivity index (χ4v) is 8.67. The molecule has 3 heterocycles. The number of carbonyl (C=O) groups excluding carboxylic acids is 1. The van der Waals surface area contributed by atoms with Gasteiger partial charge in [0, 0.05) is 43.7 Å². The van der Waals surface area contributed by atoms with Crippen molar-refractivity contribution in [2.24, 2.45) is 23.2 Å². The first-order valence-corrected chi connectivity index (χ1v) is 14.9. The highest BCUT2D eigenvalue weighted by molar-refractivity contribution is 6.30. The summed E-state index contributed by atoms with van der Waals surface area (Å²) in [7, 11) is 0. The Balaban J connectivity index is 1.04. The molecule has 0 aromatic heterocycles. The molecule has 5 fully saturated rings. The average Bonchev–Trinajstić information content (AvgIpc) is 3.63. The fraction of sp³-hybridized carbons (Fsp3) is 0.594. The molecule has 2 aromatic rings. The lowest BCUT2D eigenvalue weighted by molar-refractivity contribution is -0.147. The van der Waals surface area contributed by atoms with E-state index >= 15 is 0 Å². The molecule has 2 aromatic carbocycles. The molecule has 0 unspecified atom stereocenters. The molecule has 0 bridgehead atoms. The molecule has 202 valence electrons. The van der Waals surface area contributed by atoms with E-state index in [4.69, 9.17) is 21.1 Å². The molecule has 7 atom stereocenters. The Morgan fingerprint density at radius 1 is 1.00 bits per heavy atom. The van der Waals surface area contributed by atoms with Crippen LogP contribution in [0.1, 0.15) is 56.2 Å². The number of ether oxygens (including phenoxy) is 2. The zero-order valence-electron chi connectivity index (χ0n) is 22.4. The van der Waals surface area contributed by atoms with Gasteiger partial charge < -0.3 is 9.47 Å². The molecule has 6 heteroatoms. The van der Waals surface area contributed by atoms with Gasteiger partial charge in [0.15, 0.2) is 0 Å². The predicted octanol–water partition coefficient (Wildman–Crippen LogP) is 5.57. The van der Waals surface area contributed by atoms with Gasteiger partial charge in [0.05, 0.1) is 24.2 Å². The highest BCUT2D eigenvalue weighted by Crippen LogP contribution is 2.62. The molecule has 2 aliphatic carbocycles. The first-order chi connectivity index (χ1) is 18.4. The van der Waals surface area contributed by atoms with Gasteiger partial charge in [0.25, 0.3) is 0 Å². The summed E-state index contributed by atoms with van der Waals surface area (Å²) in [6, 6.07) is 19.2. The van der Waals surface area contributed by atoms with E-state index in [9.17, 15) is 4.79 Å². The maximum Gasteiger partial charge on any atom is 0.310 e. The largest absolute Gasteiger partial charge is 0.462 e. The van der Waals surface area contributed by atoms with Crippen LogP contribution in [0.3, 0.4) is 0 Å². The zero-order valence-corrected chi connectivity index (χ0v) is 23.1. The maximum atomic E-state index is 13.2. The predicted molar refractivity (Wildman–Crippen MR) is 148 cm³/mol. The minimum atomic E-state index is -0.00462. The summed E-state index contributed by atoms with van der Waals surface area (Å²) in [4.78, 5) is 18.3. The Morgan fingerprint density at radius 3 is 2.42 bits per heavy atom. The molecule has 2 saturated carbocycles. The molecule has 3 aliphatic heterocycles. The zero-order chi connectivity index (χ0) is 25.9. The third-order valence-electron chi connectivity index (χ3n) is 10.6. The van der Waals surface area contributed by atoms with E-state index < -0.39 is 0 Å². The van der Waals surface area contributed by atoms with Crippen LogP contribution in [0, 0.1) is 23.2 Å². The summed E-state index contributed by atoms with van der Waals surface area (Å²) in [5.41, 5.74) is 2.93. The molecular formula is C32H39ClN2O3. The molecule has 38 heavy (non-hydrogen) atoms. The van der Waals surface area contributed by atoms with Crippen LogP contribution in [-0.2, 0) is 14.3 Å². The van der Waals surface area contributed by atoms with E-state index in [1.807, 2.05) is 12.1 Å². The molecule has 0 N–H and O–H groups in total. The number of fused-ring (bicyclic) bond motifs is 3. The van der Waals surface area contributed by atoms with Crippen LogP contribution < -0.4 is 0 Å². The standard InChI is InChI=1S/C32H39ClN2O3/c1-31-12-5-13-32(21-37-32)28(31)18-25-26(30(36)38-27(25)19-31)20-34-14-16-35(17-15-34)29(22-6-3-2-4-7-22)23-8-10-24(33)11-9-23/h2-4,6-11,25-29H,5,12-21H2,1H3/t25-,26-,27-,28-,29+,31-,32-/m1/s1. The Bertz CT molecular complexity index is 1160. The third-order valence-corrected chi connectivity index (χ3v) is 10.9. The Morgan fingerprint density at radius 2 is 1.71 bits per heavy atom. The summed E-state index contributed by atoms with van der Waals surface area (Å²) in [6.45, 7) is 8.04. The molecule has 0 radical (unpaired) electrons. The summed E-state index contributed by atoms with van der Waals surface area (Å²) in [5.74, 6) is 0.947. The maximum absolute atomic E-state index is 13.2. The normalized spacial score (nSPS) is 37.9. The van der Waals surface area contributed by atoms with Gasteiger partial charge >= 0.3 is 5.97 Å². The lowest BCUT2D eigenvalue weighted by atomic mass is 9.53. The first-order valence-electron chi connectivity index (χ1n) is 14.6. The van der Waals surface area contributed by atoms with E-state index in [1.54, 1.807) is 0 Å². The minimum Gasteiger partial charge on any atom is -0.462 e. The highest BCUT2D eigenvalue weighted by Gasteiger charge is 2.65. The molecule has 0 amide bonds. The summed E-state index contributed by atoms with van der Waals surface area (Å²) in [6.07, 6.45) is 5.88. The highest BCUT2D eigenvalue weighted by atomic mass is 35.5. The topological polar surface area (TPSA) is 45.3 Å². The van der Waals surface area contributed by atoms with Crippen LogP contribution in [0.5, 0.6) is 0 Å². The van der Waals surface area contributed by atoms with Crippen LogP contribution in [0.25, 0.3) is 0 Å². The van der Waals surface area contributed by atoms with Crippen LogP contribution in [-0.4, -0.2) is 66.8 Å². The second-order valence-corrected chi connectivity index (χ2v) is 13.2. The Labute approximate surface area is 231 Å². The lowest BCUT2D eigenvalue weighted by Gasteiger charge is -2.51. The Hall–Kier alpha value is -1.92. The second kappa shape index (κ2) is 9.62. The summed E-state index contributed by atoms with van der Waals surface area (Å²) in [5, 5.41) is 0.766. The number of benzene rings is 2. The minimum absolute atomic E-state index is 0.00462. The van der Waals surface area contributed by atoms with Crippen molar-refractivity contribution in [3.63, 3.8) is 0 Å². The molecule has 1 spiro atoms. The van der Waals surface area contributed by atoms with E-state index in [0.29, 0.717) is 11.8 Å². The number of hydrogen-bond donors (Lipinski definition) is 0. The molecular weight excluding hydrogens is 496 g/mol. The van der Waals surface area contributed by atoms with Crippen molar-refractivity contribution in [2.45, 2.75) is 56.8 Å². The van der Waals surface area contributed by atoms with Gasteiger partial charge in [0.1, 0.15) is 6.10 Å². The smallest absolute Gasteiger partial charge is 0.310 e. The fourth-order valence-electron chi connectivity index (χ4n) is 8.54. The van der Waals surface area contributed by atoms with Crippen molar-refractivity contribution < 1.29 is 14.3 Å². The summed E-state index contributed by atoms with van der Waals surface area (Å²) >= 11 is 6.21.